The van der Waals surface area contributed by atoms with E-state index in [9.17, 15) is 14.0 Å². The normalized spacial score (nSPS) is 11.8. The van der Waals surface area contributed by atoms with E-state index in [1.54, 1.807) is 12.3 Å². The zero-order valence-corrected chi connectivity index (χ0v) is 15.7. The van der Waals surface area contributed by atoms with Crippen molar-refractivity contribution in [2.24, 2.45) is 5.73 Å². The molecule has 27 heavy (non-hydrogen) atoms. The fraction of sp³-hybridized carbons (Fsp3) is 0.222. The average molecular weight is 387 g/mol. The smallest absolute Gasteiger partial charge is 0.327 e. The molecule has 0 radical (unpaired) electrons. The molecule has 0 bridgehead atoms. The van der Waals surface area contributed by atoms with Gasteiger partial charge in [0.1, 0.15) is 12.1 Å². The van der Waals surface area contributed by atoms with E-state index in [-0.39, 0.29) is 24.4 Å². The summed E-state index contributed by atoms with van der Waals surface area (Å²) in [5.74, 6) is 0.461. The fourth-order valence-corrected chi connectivity index (χ4v) is 3.45. The summed E-state index contributed by atoms with van der Waals surface area (Å²) in [6.07, 6.45) is 3.39. The number of nitrogens with zero attached hydrogens (tertiary/aromatic N) is 4. The van der Waals surface area contributed by atoms with Crippen LogP contribution in [-0.4, -0.2) is 31.7 Å². The number of halogens is 1. The molecule has 0 fully saturated rings. The SMILES string of the molecule is CC(=O)c1ccc(-c2cnc(-n3cnn(C/C(=C/F)CN)c3=O)c(C)c2)s1. The highest BCUT2D eigenvalue weighted by Crippen LogP contribution is 2.29. The van der Waals surface area contributed by atoms with E-state index in [4.69, 9.17) is 5.73 Å². The molecule has 0 atom stereocenters. The Kier molecular flexibility index (Phi) is 5.43. The molecule has 7 nitrogen and oxygen atoms in total. The topological polar surface area (TPSA) is 95.8 Å². The Hall–Kier alpha value is -2.91. The molecule has 3 heterocycles. The lowest BCUT2D eigenvalue weighted by atomic mass is 10.2. The molecule has 0 spiro atoms. The number of hydrogen-bond acceptors (Lipinski definition) is 6. The van der Waals surface area contributed by atoms with Gasteiger partial charge in [0.25, 0.3) is 0 Å². The van der Waals surface area contributed by atoms with E-state index in [0.717, 1.165) is 20.7 Å². The summed E-state index contributed by atoms with van der Waals surface area (Å²) in [4.78, 5) is 30.0. The summed E-state index contributed by atoms with van der Waals surface area (Å²) in [5, 5.41) is 4.00. The van der Waals surface area contributed by atoms with Crippen molar-refractivity contribution in [1.82, 2.24) is 19.3 Å². The molecule has 3 rings (SSSR count). The molecule has 0 amide bonds. The van der Waals surface area contributed by atoms with Gasteiger partial charge in [0.15, 0.2) is 5.78 Å². The Bertz CT molecular complexity index is 1080. The summed E-state index contributed by atoms with van der Waals surface area (Å²) >= 11 is 1.40. The van der Waals surface area contributed by atoms with Crippen LogP contribution >= 0.6 is 11.3 Å². The third-order valence-electron chi connectivity index (χ3n) is 4.02. The van der Waals surface area contributed by atoms with Crippen LogP contribution in [-0.2, 0) is 6.54 Å². The molecule has 0 unspecified atom stereocenters. The van der Waals surface area contributed by atoms with E-state index in [1.807, 2.05) is 19.1 Å². The molecule has 0 aliphatic rings. The maximum absolute atomic E-state index is 12.7. The van der Waals surface area contributed by atoms with Crippen molar-refractivity contribution in [3.63, 3.8) is 0 Å². The van der Waals surface area contributed by atoms with Gasteiger partial charge in [0.2, 0.25) is 0 Å². The predicted octanol–water partition coefficient (Wildman–Crippen LogP) is 2.48. The zero-order chi connectivity index (χ0) is 19.6. The number of hydrogen-bond donors (Lipinski definition) is 1. The number of aryl methyl sites for hydroxylation is 1. The fourth-order valence-electron chi connectivity index (χ4n) is 2.56. The van der Waals surface area contributed by atoms with E-state index < -0.39 is 5.69 Å². The number of nitrogens with two attached hydrogens (primary N) is 1. The molecule has 0 saturated heterocycles. The Morgan fingerprint density at radius 3 is 2.78 bits per heavy atom. The van der Waals surface area contributed by atoms with Crippen LogP contribution in [0.2, 0.25) is 0 Å². The van der Waals surface area contributed by atoms with Gasteiger partial charge in [-0.15, -0.1) is 11.3 Å². The van der Waals surface area contributed by atoms with Gasteiger partial charge >= 0.3 is 5.69 Å². The summed E-state index contributed by atoms with van der Waals surface area (Å²) in [6, 6.07) is 5.56. The van der Waals surface area contributed by atoms with Gasteiger partial charge in [-0.05, 0) is 43.2 Å². The lowest BCUT2D eigenvalue weighted by molar-refractivity contribution is 0.102. The van der Waals surface area contributed by atoms with Gasteiger partial charge in [-0.25, -0.2) is 23.4 Å². The Morgan fingerprint density at radius 2 is 2.19 bits per heavy atom. The molecular formula is C18H18FN5O2S. The molecule has 0 aliphatic carbocycles. The van der Waals surface area contributed by atoms with E-state index in [1.165, 1.54) is 29.2 Å². The molecule has 2 N–H and O–H groups in total. The number of carbonyl (C=O) groups excluding carboxylic acids is 1. The largest absolute Gasteiger partial charge is 0.351 e. The predicted molar refractivity (Wildman–Crippen MR) is 102 cm³/mol. The van der Waals surface area contributed by atoms with Crippen LogP contribution < -0.4 is 11.4 Å². The van der Waals surface area contributed by atoms with Gasteiger partial charge in [0, 0.05) is 23.2 Å². The maximum Gasteiger partial charge on any atom is 0.351 e. The van der Waals surface area contributed by atoms with Crippen molar-refractivity contribution < 1.29 is 9.18 Å². The van der Waals surface area contributed by atoms with Crippen molar-refractivity contribution >= 4 is 17.1 Å². The third-order valence-corrected chi connectivity index (χ3v) is 5.25. The third kappa shape index (κ3) is 3.79. The van der Waals surface area contributed by atoms with Crippen molar-refractivity contribution in [2.45, 2.75) is 20.4 Å². The highest BCUT2D eigenvalue weighted by Gasteiger charge is 2.13. The second-order valence-electron chi connectivity index (χ2n) is 6.00. The number of rotatable bonds is 6. The van der Waals surface area contributed by atoms with Gasteiger partial charge in [0.05, 0.1) is 17.8 Å². The summed E-state index contributed by atoms with van der Waals surface area (Å²) < 4.78 is 15.1. The van der Waals surface area contributed by atoms with Crippen LogP contribution in [0, 0.1) is 6.92 Å². The van der Waals surface area contributed by atoms with Crippen LogP contribution in [0.25, 0.3) is 16.3 Å². The van der Waals surface area contributed by atoms with E-state index in [0.29, 0.717) is 17.0 Å². The van der Waals surface area contributed by atoms with Crippen LogP contribution in [0.15, 0.2) is 47.4 Å². The second kappa shape index (κ2) is 7.77. The molecule has 9 heteroatoms. The minimum atomic E-state index is -0.430. The van der Waals surface area contributed by atoms with Crippen molar-refractivity contribution in [3.05, 3.63) is 63.6 Å². The highest BCUT2D eigenvalue weighted by molar-refractivity contribution is 7.17. The van der Waals surface area contributed by atoms with Crippen molar-refractivity contribution in [1.29, 1.82) is 0 Å². The first-order chi connectivity index (χ1) is 12.9. The first-order valence-electron chi connectivity index (χ1n) is 8.15. The maximum atomic E-state index is 12.7. The zero-order valence-electron chi connectivity index (χ0n) is 14.8. The van der Waals surface area contributed by atoms with Crippen LogP contribution in [0.3, 0.4) is 0 Å². The molecule has 140 valence electrons. The lowest BCUT2D eigenvalue weighted by Gasteiger charge is -2.06. The van der Waals surface area contributed by atoms with Crippen molar-refractivity contribution in [2.75, 3.05) is 6.54 Å². The highest BCUT2D eigenvalue weighted by atomic mass is 32.1. The molecule has 0 saturated carbocycles. The Morgan fingerprint density at radius 1 is 1.41 bits per heavy atom. The molecule has 0 aliphatic heterocycles. The Labute approximate surface area is 158 Å². The molecular weight excluding hydrogens is 369 g/mol. The first kappa shape index (κ1) is 18.9. The van der Waals surface area contributed by atoms with Crippen LogP contribution in [0.1, 0.15) is 22.2 Å². The molecule has 3 aromatic heterocycles. The molecule has 3 aromatic rings. The quantitative estimate of drug-likeness (QED) is 0.656. The van der Waals surface area contributed by atoms with Gasteiger partial charge < -0.3 is 5.73 Å². The van der Waals surface area contributed by atoms with E-state index >= 15 is 0 Å². The van der Waals surface area contributed by atoms with Gasteiger partial charge in [-0.1, -0.05) is 0 Å². The number of thiophene rings is 1. The van der Waals surface area contributed by atoms with Gasteiger partial charge in [-0.3, -0.25) is 4.79 Å². The summed E-state index contributed by atoms with van der Waals surface area (Å²) in [5.41, 5.74) is 6.89. The van der Waals surface area contributed by atoms with Crippen molar-refractivity contribution in [3.8, 4) is 16.3 Å². The first-order valence-corrected chi connectivity index (χ1v) is 8.97. The summed E-state index contributed by atoms with van der Waals surface area (Å²) in [6.45, 7) is 3.35. The lowest BCUT2D eigenvalue weighted by Crippen LogP contribution is -2.26. The standard InChI is InChI=1S/C18H18FN5O2S/c1-11-5-14(16-4-3-15(27-16)12(2)25)8-21-17(11)23-10-22-24(18(23)26)9-13(6-19)7-20/h3-6,8,10H,7,9,20H2,1-2H3/b13-6+. The number of Topliss-reactive ketones (excluding diaryl/α,β-unsaturated/α-hetero) is 1. The monoisotopic (exact) mass is 387 g/mol. The van der Waals surface area contributed by atoms with Crippen LogP contribution in [0.5, 0.6) is 0 Å². The van der Waals surface area contributed by atoms with Gasteiger partial charge in [-0.2, -0.15) is 5.10 Å². The number of pyridine rings is 1. The minimum absolute atomic E-state index is 0.00480. The average Bonchev–Trinajstić information content (AvgIpc) is 3.27. The number of ketones is 1. The second-order valence-corrected chi connectivity index (χ2v) is 7.08. The Balaban J connectivity index is 1.93. The number of aromatic nitrogens is 4. The van der Waals surface area contributed by atoms with Crippen LogP contribution in [0.4, 0.5) is 4.39 Å². The van der Waals surface area contributed by atoms with E-state index in [2.05, 4.69) is 10.1 Å². The number of carbonyl (C=O) groups is 1. The minimum Gasteiger partial charge on any atom is -0.327 e. The summed E-state index contributed by atoms with van der Waals surface area (Å²) in [7, 11) is 0. The molecule has 0 aromatic carbocycles.